The molecule has 0 aromatic heterocycles. The van der Waals surface area contributed by atoms with E-state index >= 15 is 0 Å². The predicted molar refractivity (Wildman–Crippen MR) is 115 cm³/mol. The first-order valence-corrected chi connectivity index (χ1v) is 8.95. The molecule has 0 aliphatic rings. The Hall–Kier alpha value is -4.55. The second-order valence-electron chi connectivity index (χ2n) is 6.17. The van der Waals surface area contributed by atoms with E-state index in [4.69, 9.17) is 0 Å². The highest BCUT2D eigenvalue weighted by Gasteiger charge is 2.15. The van der Waals surface area contributed by atoms with Crippen LogP contribution in [0.5, 0.6) is 0 Å². The van der Waals surface area contributed by atoms with E-state index in [9.17, 15) is 29.1 Å². The van der Waals surface area contributed by atoms with Crippen LogP contribution in [0.4, 0.5) is 0 Å². The van der Waals surface area contributed by atoms with E-state index in [0.29, 0.717) is 15.6 Å². The second-order valence-corrected chi connectivity index (χ2v) is 6.17. The maximum Gasteiger partial charge on any atom is 0.276 e. The van der Waals surface area contributed by atoms with Gasteiger partial charge >= 0.3 is 0 Å². The largest absolute Gasteiger partial charge is 0.333 e. The molecule has 32 heavy (non-hydrogen) atoms. The fourth-order valence-electron chi connectivity index (χ4n) is 2.11. The molecule has 0 spiro atoms. The standard InChI is InChI=1S/C10H10N4O4.C9H11N3O2/c1-13(11-17)9(15)7-3-5-8(6-4-7)10(16)14(2)12-18;1-12(11-14)7-10-9(13)8-5-3-2-4-6-8/h3-6H,1-2H3;2-6H,7H2,1H3,(H,10,13). The maximum atomic E-state index is 11.5. The Kier molecular flexibility index (Phi) is 10.3. The first kappa shape index (κ1) is 25.5. The molecule has 0 saturated carbocycles. The number of carbonyl (C=O) groups is 3. The number of nitroso groups, excluding NO2 is 3. The van der Waals surface area contributed by atoms with Crippen molar-refractivity contribution >= 4 is 17.7 Å². The van der Waals surface area contributed by atoms with Crippen LogP contribution in [-0.2, 0) is 0 Å². The lowest BCUT2D eigenvalue weighted by atomic mass is 10.1. The highest BCUT2D eigenvalue weighted by molar-refractivity contribution is 5.97. The average molecular weight is 443 g/mol. The maximum absolute atomic E-state index is 11.5. The molecule has 13 heteroatoms. The number of nitrogens with zero attached hydrogens (tertiary/aromatic N) is 6. The molecule has 0 saturated heterocycles. The predicted octanol–water partition coefficient (Wildman–Crippen LogP) is 2.18. The molecule has 168 valence electrons. The molecule has 2 aromatic rings. The summed E-state index contributed by atoms with van der Waals surface area (Å²) in [6.07, 6.45) is 0. The minimum Gasteiger partial charge on any atom is -0.333 e. The van der Waals surface area contributed by atoms with Crippen LogP contribution in [0.3, 0.4) is 0 Å². The van der Waals surface area contributed by atoms with E-state index in [2.05, 4.69) is 21.2 Å². The minimum absolute atomic E-state index is 0.108. The van der Waals surface area contributed by atoms with Gasteiger partial charge in [-0.2, -0.15) is 10.0 Å². The molecule has 3 amide bonds. The van der Waals surface area contributed by atoms with Crippen LogP contribution >= 0.6 is 0 Å². The summed E-state index contributed by atoms with van der Waals surface area (Å²) in [7, 11) is 3.93. The summed E-state index contributed by atoms with van der Waals surface area (Å²) in [5.41, 5.74) is 0.970. The van der Waals surface area contributed by atoms with Crippen molar-refractivity contribution in [1.29, 1.82) is 0 Å². The molecule has 2 aromatic carbocycles. The van der Waals surface area contributed by atoms with E-state index in [1.165, 1.54) is 45.4 Å². The number of hydrogen-bond donors (Lipinski definition) is 1. The average Bonchev–Trinajstić information content (AvgIpc) is 2.86. The van der Waals surface area contributed by atoms with Crippen molar-refractivity contribution in [3.8, 4) is 0 Å². The summed E-state index contributed by atoms with van der Waals surface area (Å²) in [5.74, 6) is -1.40. The molecular formula is C19H21N7O6. The van der Waals surface area contributed by atoms with Gasteiger partial charge in [0.25, 0.3) is 17.7 Å². The highest BCUT2D eigenvalue weighted by atomic mass is 16.3. The summed E-state index contributed by atoms with van der Waals surface area (Å²) >= 11 is 0. The van der Waals surface area contributed by atoms with Crippen LogP contribution < -0.4 is 5.32 Å². The van der Waals surface area contributed by atoms with Gasteiger partial charge in [-0.25, -0.2) is 5.01 Å². The summed E-state index contributed by atoms with van der Waals surface area (Å²) < 4.78 is 0. The summed E-state index contributed by atoms with van der Waals surface area (Å²) in [6, 6.07) is 14.2. The Morgan fingerprint density at radius 3 is 1.50 bits per heavy atom. The van der Waals surface area contributed by atoms with Crippen LogP contribution in [0.25, 0.3) is 0 Å². The van der Waals surface area contributed by atoms with Crippen LogP contribution in [-0.4, -0.2) is 60.6 Å². The first-order valence-electron chi connectivity index (χ1n) is 8.95. The molecule has 0 bridgehead atoms. The van der Waals surface area contributed by atoms with Crippen molar-refractivity contribution < 1.29 is 14.4 Å². The van der Waals surface area contributed by atoms with Gasteiger partial charge in [0.05, 0.1) is 15.9 Å². The first-order chi connectivity index (χ1) is 15.2. The highest BCUT2D eigenvalue weighted by Crippen LogP contribution is 2.09. The zero-order valence-electron chi connectivity index (χ0n) is 17.5. The molecular weight excluding hydrogens is 422 g/mol. The Morgan fingerprint density at radius 2 is 1.12 bits per heavy atom. The molecule has 0 aliphatic carbocycles. The van der Waals surface area contributed by atoms with Crippen LogP contribution in [0.1, 0.15) is 31.1 Å². The topological polar surface area (TPSA) is 161 Å². The Balaban J connectivity index is 0.000000330. The summed E-state index contributed by atoms with van der Waals surface area (Å²) in [6.45, 7) is 0.108. The normalized spacial score (nSPS) is 9.34. The van der Waals surface area contributed by atoms with Crippen LogP contribution in [0.15, 0.2) is 70.5 Å². The quantitative estimate of drug-likeness (QED) is 0.371. The van der Waals surface area contributed by atoms with Crippen molar-refractivity contribution in [2.45, 2.75) is 0 Å². The lowest BCUT2D eigenvalue weighted by Crippen LogP contribution is -2.32. The fraction of sp³-hybridized carbons (Fsp3) is 0.211. The second kappa shape index (κ2) is 12.9. The number of hydrogen-bond acceptors (Lipinski definition) is 9. The number of benzene rings is 2. The van der Waals surface area contributed by atoms with E-state index in [-0.39, 0.29) is 23.7 Å². The number of amides is 3. The van der Waals surface area contributed by atoms with Gasteiger partial charge in [-0.05, 0) is 36.4 Å². The zero-order valence-corrected chi connectivity index (χ0v) is 17.5. The zero-order chi connectivity index (χ0) is 24.1. The number of nitrogens with one attached hydrogen (secondary N) is 1. The lowest BCUT2D eigenvalue weighted by molar-refractivity contribution is 0.0785. The van der Waals surface area contributed by atoms with E-state index in [1.54, 1.807) is 24.3 Å². The Labute approximate surface area is 182 Å². The van der Waals surface area contributed by atoms with Crippen molar-refractivity contribution in [3.05, 3.63) is 86.0 Å². The molecule has 1 N–H and O–H groups in total. The number of rotatable bonds is 8. The van der Waals surface area contributed by atoms with E-state index < -0.39 is 11.8 Å². The van der Waals surface area contributed by atoms with Crippen molar-refractivity contribution in [1.82, 2.24) is 20.3 Å². The molecule has 0 heterocycles. The van der Waals surface area contributed by atoms with Gasteiger partial charge in [-0.15, -0.1) is 14.7 Å². The third kappa shape index (κ3) is 7.70. The van der Waals surface area contributed by atoms with Gasteiger partial charge in [-0.3, -0.25) is 14.4 Å². The number of carbonyl (C=O) groups excluding carboxylic acids is 3. The fourth-order valence-corrected chi connectivity index (χ4v) is 2.11. The van der Waals surface area contributed by atoms with E-state index in [1.807, 2.05) is 6.07 Å². The van der Waals surface area contributed by atoms with Gasteiger partial charge in [-0.1, -0.05) is 18.2 Å². The third-order valence-electron chi connectivity index (χ3n) is 3.86. The van der Waals surface area contributed by atoms with Gasteiger partial charge < -0.3 is 5.32 Å². The van der Waals surface area contributed by atoms with Gasteiger partial charge in [0, 0.05) is 37.8 Å². The van der Waals surface area contributed by atoms with Crippen LogP contribution in [0, 0.1) is 14.7 Å². The molecule has 0 fully saturated rings. The van der Waals surface area contributed by atoms with Gasteiger partial charge in [0.15, 0.2) is 0 Å². The smallest absolute Gasteiger partial charge is 0.276 e. The SMILES string of the molecule is CN(CNC(=O)c1ccccc1)N=O.CN(N=O)C(=O)c1ccc(C(=O)N(C)N=O)cc1. The Morgan fingerprint density at radius 1 is 0.688 bits per heavy atom. The molecule has 13 nitrogen and oxygen atoms in total. The summed E-state index contributed by atoms with van der Waals surface area (Å²) in [4.78, 5) is 64.7. The van der Waals surface area contributed by atoms with Gasteiger partial charge in [0.1, 0.15) is 6.67 Å². The van der Waals surface area contributed by atoms with Crippen molar-refractivity contribution in [2.75, 3.05) is 27.8 Å². The monoisotopic (exact) mass is 443 g/mol. The molecule has 0 unspecified atom stereocenters. The van der Waals surface area contributed by atoms with Crippen molar-refractivity contribution in [3.63, 3.8) is 0 Å². The molecule has 0 radical (unpaired) electrons. The lowest BCUT2D eigenvalue weighted by Gasteiger charge is -2.09. The third-order valence-corrected chi connectivity index (χ3v) is 3.86. The molecule has 0 aliphatic heterocycles. The van der Waals surface area contributed by atoms with Crippen molar-refractivity contribution in [2.24, 2.45) is 15.9 Å². The van der Waals surface area contributed by atoms with Gasteiger partial charge in [0.2, 0.25) is 0 Å². The van der Waals surface area contributed by atoms with E-state index in [0.717, 1.165) is 5.01 Å². The molecule has 0 atom stereocenters. The minimum atomic E-state index is -0.592. The van der Waals surface area contributed by atoms with Crippen LogP contribution in [0.2, 0.25) is 0 Å². The molecule has 2 rings (SSSR count). The Bertz CT molecular complexity index is 907. The summed E-state index contributed by atoms with van der Waals surface area (Å²) in [5, 5.41) is 12.5.